The van der Waals surface area contributed by atoms with Crippen LogP contribution in [0.25, 0.3) is 33.6 Å². The van der Waals surface area contributed by atoms with Gasteiger partial charge in [0.25, 0.3) is 0 Å². The van der Waals surface area contributed by atoms with Crippen LogP contribution in [-0.4, -0.2) is 10.1 Å². The number of rotatable bonds is 2. The standard InChI is InChI=1S/C17H11BrN2O/c18-13-7-5-11(6-8-13)17-10-16(20-21-17)15-9-12-3-1-2-4-14(12)19-15/h1-10,19H. The van der Waals surface area contributed by atoms with Crippen molar-refractivity contribution in [2.75, 3.05) is 0 Å². The van der Waals surface area contributed by atoms with Gasteiger partial charge in [-0.05, 0) is 24.3 Å². The number of hydrogen-bond donors (Lipinski definition) is 1. The summed E-state index contributed by atoms with van der Waals surface area (Å²) in [5, 5.41) is 5.33. The normalized spacial score (nSPS) is 11.1. The van der Waals surface area contributed by atoms with Gasteiger partial charge < -0.3 is 9.51 Å². The number of nitrogens with one attached hydrogen (secondary N) is 1. The van der Waals surface area contributed by atoms with Crippen LogP contribution in [0.3, 0.4) is 0 Å². The monoisotopic (exact) mass is 338 g/mol. The average Bonchev–Trinajstić information content (AvgIpc) is 3.14. The SMILES string of the molecule is Brc1ccc(-c2cc(-c3cc4ccccc4[nH]3)no2)cc1. The highest BCUT2D eigenvalue weighted by Crippen LogP contribution is 2.28. The third-order valence-corrected chi connectivity index (χ3v) is 3.97. The Kier molecular flexibility index (Phi) is 2.89. The lowest BCUT2D eigenvalue weighted by Crippen LogP contribution is -1.74. The van der Waals surface area contributed by atoms with Crippen LogP contribution < -0.4 is 0 Å². The number of benzene rings is 2. The Bertz CT molecular complexity index is 873. The largest absolute Gasteiger partial charge is 0.356 e. The number of nitrogens with zero attached hydrogens (tertiary/aromatic N) is 1. The number of H-pyrrole nitrogens is 1. The molecule has 0 bridgehead atoms. The van der Waals surface area contributed by atoms with Crippen molar-refractivity contribution in [2.45, 2.75) is 0 Å². The van der Waals surface area contributed by atoms with Crippen molar-refractivity contribution in [3.05, 3.63) is 65.1 Å². The lowest BCUT2D eigenvalue weighted by Gasteiger charge is -1.94. The minimum Gasteiger partial charge on any atom is -0.356 e. The number of para-hydroxylation sites is 1. The first-order valence-electron chi connectivity index (χ1n) is 6.60. The lowest BCUT2D eigenvalue weighted by molar-refractivity contribution is 0.434. The van der Waals surface area contributed by atoms with Gasteiger partial charge in [0.2, 0.25) is 0 Å². The van der Waals surface area contributed by atoms with Gasteiger partial charge in [-0.1, -0.05) is 51.4 Å². The zero-order valence-corrected chi connectivity index (χ0v) is 12.6. The molecule has 2 aromatic heterocycles. The minimum atomic E-state index is 0.760. The summed E-state index contributed by atoms with van der Waals surface area (Å²) in [4.78, 5) is 3.36. The summed E-state index contributed by atoms with van der Waals surface area (Å²) in [5.41, 5.74) is 3.88. The molecule has 0 aliphatic heterocycles. The Morgan fingerprint density at radius 1 is 0.952 bits per heavy atom. The van der Waals surface area contributed by atoms with E-state index in [4.69, 9.17) is 4.52 Å². The van der Waals surface area contributed by atoms with Crippen molar-refractivity contribution in [1.82, 2.24) is 10.1 Å². The molecule has 2 heterocycles. The first-order chi connectivity index (χ1) is 10.3. The van der Waals surface area contributed by atoms with Crippen LogP contribution in [0, 0.1) is 0 Å². The Labute approximate surface area is 129 Å². The van der Waals surface area contributed by atoms with Crippen LogP contribution in [0.2, 0.25) is 0 Å². The van der Waals surface area contributed by atoms with E-state index in [0.717, 1.165) is 32.7 Å². The number of halogens is 1. The molecule has 1 N–H and O–H groups in total. The highest BCUT2D eigenvalue weighted by Gasteiger charge is 2.10. The number of aromatic nitrogens is 2. The molecule has 0 radical (unpaired) electrons. The first kappa shape index (κ1) is 12.4. The second-order valence-corrected chi connectivity index (χ2v) is 5.77. The van der Waals surface area contributed by atoms with E-state index in [9.17, 15) is 0 Å². The average molecular weight is 339 g/mol. The smallest absolute Gasteiger partial charge is 0.167 e. The third-order valence-electron chi connectivity index (χ3n) is 3.44. The molecule has 0 fully saturated rings. The molecule has 4 aromatic rings. The van der Waals surface area contributed by atoms with Crippen molar-refractivity contribution in [3.63, 3.8) is 0 Å². The molecule has 4 heteroatoms. The number of hydrogen-bond acceptors (Lipinski definition) is 2. The van der Waals surface area contributed by atoms with Crippen molar-refractivity contribution in [2.24, 2.45) is 0 Å². The third kappa shape index (κ3) is 2.28. The highest BCUT2D eigenvalue weighted by molar-refractivity contribution is 9.10. The maximum Gasteiger partial charge on any atom is 0.167 e. The van der Waals surface area contributed by atoms with Gasteiger partial charge in [-0.3, -0.25) is 0 Å². The minimum absolute atomic E-state index is 0.760. The van der Waals surface area contributed by atoms with Crippen LogP contribution in [0.15, 0.2) is 69.7 Å². The molecule has 0 spiro atoms. The Balaban J connectivity index is 1.75. The highest BCUT2D eigenvalue weighted by atomic mass is 79.9. The molecule has 0 atom stereocenters. The summed E-state index contributed by atoms with van der Waals surface area (Å²) in [6.45, 7) is 0. The fourth-order valence-electron chi connectivity index (χ4n) is 2.36. The molecule has 4 rings (SSSR count). The maximum atomic E-state index is 5.46. The van der Waals surface area contributed by atoms with Gasteiger partial charge in [-0.25, -0.2) is 0 Å². The van der Waals surface area contributed by atoms with E-state index in [-0.39, 0.29) is 0 Å². The summed E-state index contributed by atoms with van der Waals surface area (Å²) >= 11 is 3.43. The van der Waals surface area contributed by atoms with Crippen molar-refractivity contribution < 1.29 is 4.52 Å². The molecule has 0 unspecified atom stereocenters. The summed E-state index contributed by atoms with van der Waals surface area (Å²) in [6, 6.07) is 20.2. The Morgan fingerprint density at radius 3 is 2.57 bits per heavy atom. The molecule has 21 heavy (non-hydrogen) atoms. The zero-order valence-electron chi connectivity index (χ0n) is 11.0. The van der Waals surface area contributed by atoms with Crippen LogP contribution in [0.5, 0.6) is 0 Å². The van der Waals surface area contributed by atoms with Gasteiger partial charge in [-0.15, -0.1) is 0 Å². The number of aromatic amines is 1. The fourth-order valence-corrected chi connectivity index (χ4v) is 2.63. The predicted octanol–water partition coefficient (Wildman–Crippen LogP) is 5.25. The maximum absolute atomic E-state index is 5.46. The predicted molar refractivity (Wildman–Crippen MR) is 86.9 cm³/mol. The zero-order chi connectivity index (χ0) is 14.2. The first-order valence-corrected chi connectivity index (χ1v) is 7.40. The summed E-state index contributed by atoms with van der Waals surface area (Å²) < 4.78 is 6.50. The van der Waals surface area contributed by atoms with Gasteiger partial charge in [0, 0.05) is 27.0 Å². The summed E-state index contributed by atoms with van der Waals surface area (Å²) in [7, 11) is 0. The van der Waals surface area contributed by atoms with E-state index >= 15 is 0 Å². The molecule has 0 amide bonds. The van der Waals surface area contributed by atoms with Gasteiger partial charge in [-0.2, -0.15) is 0 Å². The molecule has 102 valence electrons. The molecule has 3 nitrogen and oxygen atoms in total. The van der Waals surface area contributed by atoms with E-state index in [0.29, 0.717) is 0 Å². The van der Waals surface area contributed by atoms with Crippen molar-refractivity contribution >= 4 is 26.8 Å². The lowest BCUT2D eigenvalue weighted by atomic mass is 10.1. The van der Waals surface area contributed by atoms with Crippen molar-refractivity contribution in [1.29, 1.82) is 0 Å². The van der Waals surface area contributed by atoms with E-state index in [1.807, 2.05) is 42.5 Å². The van der Waals surface area contributed by atoms with Gasteiger partial charge in [0.1, 0.15) is 5.69 Å². The second kappa shape index (κ2) is 4.90. The molecule has 0 aliphatic rings. The second-order valence-electron chi connectivity index (χ2n) is 4.85. The van der Waals surface area contributed by atoms with Gasteiger partial charge in [0.05, 0.1) is 5.69 Å². The molecule has 2 aromatic carbocycles. The van der Waals surface area contributed by atoms with Gasteiger partial charge in [0.15, 0.2) is 5.76 Å². The summed E-state index contributed by atoms with van der Waals surface area (Å²) in [6.07, 6.45) is 0. The Hall–Kier alpha value is -2.33. The quantitative estimate of drug-likeness (QED) is 0.542. The van der Waals surface area contributed by atoms with Crippen LogP contribution in [0.4, 0.5) is 0 Å². The van der Waals surface area contributed by atoms with Crippen LogP contribution in [0.1, 0.15) is 0 Å². The van der Waals surface area contributed by atoms with Crippen molar-refractivity contribution in [3.8, 4) is 22.7 Å². The van der Waals surface area contributed by atoms with Gasteiger partial charge >= 0.3 is 0 Å². The molecule has 0 saturated heterocycles. The molecule has 0 saturated carbocycles. The number of fused-ring (bicyclic) bond motifs is 1. The Morgan fingerprint density at radius 2 is 1.76 bits per heavy atom. The topological polar surface area (TPSA) is 41.8 Å². The molecular formula is C17H11BrN2O. The van der Waals surface area contributed by atoms with E-state index in [1.54, 1.807) is 0 Å². The molecular weight excluding hydrogens is 328 g/mol. The van der Waals surface area contributed by atoms with E-state index in [2.05, 4.69) is 44.3 Å². The fraction of sp³-hybridized carbons (Fsp3) is 0. The molecule has 0 aliphatic carbocycles. The van der Waals surface area contributed by atoms with Crippen LogP contribution >= 0.6 is 15.9 Å². The summed E-state index contributed by atoms with van der Waals surface area (Å²) in [5.74, 6) is 0.760. The van der Waals surface area contributed by atoms with E-state index in [1.165, 1.54) is 5.39 Å². The van der Waals surface area contributed by atoms with E-state index < -0.39 is 0 Å². The van der Waals surface area contributed by atoms with Crippen LogP contribution in [-0.2, 0) is 0 Å².